The van der Waals surface area contributed by atoms with Crippen molar-refractivity contribution < 1.29 is 0 Å². The van der Waals surface area contributed by atoms with Crippen LogP contribution in [-0.2, 0) is 0 Å². The van der Waals surface area contributed by atoms with Crippen molar-refractivity contribution in [2.24, 2.45) is 0 Å². The number of H-pyrrole nitrogens is 1. The molecule has 0 bridgehead atoms. The van der Waals surface area contributed by atoms with E-state index in [1.54, 1.807) is 0 Å². The summed E-state index contributed by atoms with van der Waals surface area (Å²) in [7, 11) is 0. The Hall–Kier alpha value is -1.91. The molecule has 0 amide bonds. The van der Waals surface area contributed by atoms with E-state index in [0.29, 0.717) is 5.92 Å². The fraction of sp³-hybridized carbons (Fsp3) is 0.462. The van der Waals surface area contributed by atoms with Crippen molar-refractivity contribution in [3.63, 3.8) is 0 Å². The maximum atomic E-state index is 4.25. The molecule has 1 aliphatic rings. The Morgan fingerprint density at radius 2 is 2.17 bits per heavy atom. The van der Waals surface area contributed by atoms with Crippen LogP contribution in [0.15, 0.2) is 18.3 Å². The van der Waals surface area contributed by atoms with Crippen LogP contribution >= 0.6 is 0 Å². The van der Waals surface area contributed by atoms with Gasteiger partial charge in [-0.15, -0.1) is 5.10 Å². The number of aromatic nitrogens is 4. The molecule has 3 heterocycles. The van der Waals surface area contributed by atoms with Gasteiger partial charge in [0.25, 0.3) is 0 Å². The molecule has 3 rings (SSSR count). The van der Waals surface area contributed by atoms with Gasteiger partial charge in [-0.25, -0.2) is 0 Å². The largest absolute Gasteiger partial charge is 0.354 e. The Bertz CT molecular complexity index is 531. The van der Waals surface area contributed by atoms with Crippen molar-refractivity contribution in [2.45, 2.75) is 26.2 Å². The van der Waals surface area contributed by atoms with Crippen molar-refractivity contribution in [3.8, 4) is 0 Å². The first-order valence-corrected chi connectivity index (χ1v) is 6.29. The number of anilines is 1. The summed E-state index contributed by atoms with van der Waals surface area (Å²) >= 11 is 0. The highest BCUT2D eigenvalue weighted by Gasteiger charge is 2.26. The summed E-state index contributed by atoms with van der Waals surface area (Å²) in [5, 5.41) is 15.6. The van der Waals surface area contributed by atoms with E-state index in [-0.39, 0.29) is 0 Å². The highest BCUT2D eigenvalue weighted by atomic mass is 15.3. The summed E-state index contributed by atoms with van der Waals surface area (Å²) in [6, 6.07) is 4.06. The van der Waals surface area contributed by atoms with Crippen molar-refractivity contribution in [2.75, 3.05) is 18.0 Å². The number of hydrogen-bond donors (Lipinski definition) is 1. The molecule has 94 valence electrons. The van der Waals surface area contributed by atoms with Crippen LogP contribution < -0.4 is 4.90 Å². The molecule has 5 nitrogen and oxygen atoms in total. The summed E-state index contributed by atoms with van der Waals surface area (Å²) in [5.41, 5.74) is 3.47. The number of aryl methyl sites for hydroxylation is 2. The van der Waals surface area contributed by atoms with E-state index in [1.807, 2.05) is 25.3 Å². The topological polar surface area (TPSA) is 57.7 Å². The van der Waals surface area contributed by atoms with Gasteiger partial charge >= 0.3 is 0 Å². The van der Waals surface area contributed by atoms with Gasteiger partial charge in [-0.1, -0.05) is 0 Å². The third-order valence-electron chi connectivity index (χ3n) is 3.57. The van der Waals surface area contributed by atoms with Crippen LogP contribution in [0.1, 0.15) is 29.3 Å². The van der Waals surface area contributed by atoms with Crippen LogP contribution in [-0.4, -0.2) is 33.5 Å². The van der Waals surface area contributed by atoms with Crippen molar-refractivity contribution in [1.29, 1.82) is 0 Å². The third kappa shape index (κ3) is 1.96. The van der Waals surface area contributed by atoms with Gasteiger partial charge in [-0.05, 0) is 38.0 Å². The SMILES string of the molecule is Cc1ccc(N2CC[C@H](c3[nH]ncc3C)C2)nn1. The van der Waals surface area contributed by atoms with Crippen LogP contribution in [0.5, 0.6) is 0 Å². The Morgan fingerprint density at radius 1 is 1.28 bits per heavy atom. The molecule has 1 saturated heterocycles. The Balaban J connectivity index is 1.76. The highest BCUT2D eigenvalue weighted by Crippen LogP contribution is 2.29. The summed E-state index contributed by atoms with van der Waals surface area (Å²) in [4.78, 5) is 2.29. The normalized spacial score (nSPS) is 19.4. The van der Waals surface area contributed by atoms with Gasteiger partial charge in [0.1, 0.15) is 0 Å². The van der Waals surface area contributed by atoms with Gasteiger partial charge in [0.2, 0.25) is 0 Å². The molecule has 0 aromatic carbocycles. The molecular formula is C13H17N5. The Morgan fingerprint density at radius 3 is 2.83 bits per heavy atom. The zero-order chi connectivity index (χ0) is 12.5. The second-order valence-electron chi connectivity index (χ2n) is 4.93. The molecule has 1 atom stereocenters. The summed E-state index contributed by atoms with van der Waals surface area (Å²) in [6.45, 7) is 6.08. The maximum Gasteiger partial charge on any atom is 0.151 e. The fourth-order valence-electron chi connectivity index (χ4n) is 2.53. The number of rotatable bonds is 2. The molecule has 2 aromatic heterocycles. The van der Waals surface area contributed by atoms with E-state index in [2.05, 4.69) is 32.2 Å². The van der Waals surface area contributed by atoms with Crippen molar-refractivity contribution in [3.05, 3.63) is 35.3 Å². The van der Waals surface area contributed by atoms with Crippen LogP contribution in [0.2, 0.25) is 0 Å². The van der Waals surface area contributed by atoms with E-state index >= 15 is 0 Å². The zero-order valence-corrected chi connectivity index (χ0v) is 10.7. The van der Waals surface area contributed by atoms with Gasteiger partial charge in [-0.3, -0.25) is 5.10 Å². The first kappa shape index (κ1) is 11.2. The molecule has 0 unspecified atom stereocenters. The molecule has 18 heavy (non-hydrogen) atoms. The lowest BCUT2D eigenvalue weighted by atomic mass is 10.0. The lowest BCUT2D eigenvalue weighted by molar-refractivity contribution is 0.731. The second kappa shape index (κ2) is 4.40. The first-order valence-electron chi connectivity index (χ1n) is 6.29. The number of hydrogen-bond acceptors (Lipinski definition) is 4. The lowest BCUT2D eigenvalue weighted by Crippen LogP contribution is -2.21. The minimum Gasteiger partial charge on any atom is -0.354 e. The van der Waals surface area contributed by atoms with Gasteiger partial charge in [-0.2, -0.15) is 10.2 Å². The number of nitrogens with zero attached hydrogens (tertiary/aromatic N) is 4. The molecule has 1 N–H and O–H groups in total. The quantitative estimate of drug-likeness (QED) is 0.874. The maximum absolute atomic E-state index is 4.25. The van der Waals surface area contributed by atoms with E-state index in [9.17, 15) is 0 Å². The molecular weight excluding hydrogens is 226 g/mol. The highest BCUT2D eigenvalue weighted by molar-refractivity contribution is 5.40. The lowest BCUT2D eigenvalue weighted by Gasteiger charge is -2.16. The van der Waals surface area contributed by atoms with E-state index in [4.69, 9.17) is 0 Å². The van der Waals surface area contributed by atoms with Gasteiger partial charge in [0.15, 0.2) is 5.82 Å². The predicted molar refractivity (Wildman–Crippen MR) is 69.7 cm³/mol. The van der Waals surface area contributed by atoms with Gasteiger partial charge in [0, 0.05) is 24.7 Å². The summed E-state index contributed by atoms with van der Waals surface area (Å²) in [6.07, 6.45) is 3.03. The first-order chi connectivity index (χ1) is 8.74. The van der Waals surface area contributed by atoms with Gasteiger partial charge < -0.3 is 4.90 Å². The average Bonchev–Trinajstić information content (AvgIpc) is 2.98. The van der Waals surface area contributed by atoms with Crippen LogP contribution in [0.25, 0.3) is 0 Å². The van der Waals surface area contributed by atoms with Crippen LogP contribution in [0.3, 0.4) is 0 Å². The molecule has 2 aromatic rings. The molecule has 0 spiro atoms. The van der Waals surface area contributed by atoms with E-state index in [0.717, 1.165) is 31.0 Å². The Labute approximate surface area is 106 Å². The standard InChI is InChI=1S/C13H17N5/c1-9-7-14-17-13(9)11-5-6-18(8-11)12-4-3-10(2)15-16-12/h3-4,7,11H,5-6,8H2,1-2H3,(H,14,17)/t11-/m0/s1. The zero-order valence-electron chi connectivity index (χ0n) is 10.7. The van der Waals surface area contributed by atoms with Crippen molar-refractivity contribution >= 4 is 5.82 Å². The molecule has 0 aliphatic carbocycles. The van der Waals surface area contributed by atoms with E-state index in [1.165, 1.54) is 11.3 Å². The number of nitrogens with one attached hydrogen (secondary N) is 1. The minimum atomic E-state index is 0.524. The van der Waals surface area contributed by atoms with Crippen LogP contribution in [0.4, 0.5) is 5.82 Å². The molecule has 0 saturated carbocycles. The Kier molecular flexibility index (Phi) is 2.74. The average molecular weight is 243 g/mol. The predicted octanol–water partition coefficient (Wildman–Crippen LogP) is 1.81. The fourth-order valence-corrected chi connectivity index (χ4v) is 2.53. The molecule has 1 fully saturated rings. The molecule has 1 aliphatic heterocycles. The monoisotopic (exact) mass is 243 g/mol. The molecule has 5 heteroatoms. The summed E-state index contributed by atoms with van der Waals surface area (Å²) in [5.74, 6) is 1.50. The number of aromatic amines is 1. The second-order valence-corrected chi connectivity index (χ2v) is 4.93. The van der Waals surface area contributed by atoms with Crippen molar-refractivity contribution in [1.82, 2.24) is 20.4 Å². The summed E-state index contributed by atoms with van der Waals surface area (Å²) < 4.78 is 0. The third-order valence-corrected chi connectivity index (χ3v) is 3.57. The minimum absolute atomic E-state index is 0.524. The van der Waals surface area contributed by atoms with Crippen LogP contribution in [0, 0.1) is 13.8 Å². The smallest absolute Gasteiger partial charge is 0.151 e. The van der Waals surface area contributed by atoms with E-state index < -0.39 is 0 Å². The van der Waals surface area contributed by atoms with Gasteiger partial charge in [0.05, 0.1) is 11.9 Å². The molecule has 0 radical (unpaired) electrons.